The van der Waals surface area contributed by atoms with E-state index in [9.17, 15) is 22.4 Å². The van der Waals surface area contributed by atoms with Crippen LogP contribution in [0.1, 0.15) is 68.7 Å². The second kappa shape index (κ2) is 6.48. The SMILES string of the molecule is Cc1c(CC2CC(F)(F)C2)nn(C2CCC2)c1NC(=O)CC1CC(F)(F)C1. The summed E-state index contributed by atoms with van der Waals surface area (Å²) in [5, 5.41) is 7.50. The van der Waals surface area contributed by atoms with E-state index in [-0.39, 0.29) is 55.9 Å². The Morgan fingerprint density at radius 2 is 1.70 bits per heavy atom. The van der Waals surface area contributed by atoms with E-state index in [0.29, 0.717) is 12.2 Å². The molecule has 1 heterocycles. The zero-order valence-corrected chi connectivity index (χ0v) is 15.4. The van der Waals surface area contributed by atoms with Crippen molar-refractivity contribution in [1.29, 1.82) is 0 Å². The van der Waals surface area contributed by atoms with Gasteiger partial charge in [-0.05, 0) is 44.4 Å². The van der Waals surface area contributed by atoms with E-state index in [1.807, 2.05) is 11.6 Å². The number of aromatic nitrogens is 2. The van der Waals surface area contributed by atoms with Crippen molar-refractivity contribution in [2.24, 2.45) is 11.8 Å². The highest BCUT2D eigenvalue weighted by molar-refractivity contribution is 5.91. The molecule has 1 N–H and O–H groups in total. The molecule has 3 aliphatic carbocycles. The summed E-state index contributed by atoms with van der Waals surface area (Å²) in [6.07, 6.45) is 2.91. The van der Waals surface area contributed by atoms with Crippen LogP contribution in [0.2, 0.25) is 0 Å². The Bertz CT molecular complexity index is 726. The number of nitrogens with one attached hydrogen (secondary N) is 1. The van der Waals surface area contributed by atoms with E-state index < -0.39 is 11.8 Å². The minimum atomic E-state index is -2.63. The predicted octanol–water partition coefficient (Wildman–Crippen LogP) is 4.88. The highest BCUT2D eigenvalue weighted by Gasteiger charge is 2.46. The first-order valence-corrected chi connectivity index (χ1v) is 9.75. The Morgan fingerprint density at radius 3 is 2.22 bits per heavy atom. The van der Waals surface area contributed by atoms with E-state index in [1.54, 1.807) is 0 Å². The van der Waals surface area contributed by atoms with Gasteiger partial charge in [-0.2, -0.15) is 5.10 Å². The molecular formula is C19H25F4N3O. The first-order chi connectivity index (χ1) is 12.6. The Morgan fingerprint density at radius 1 is 1.11 bits per heavy atom. The minimum Gasteiger partial charge on any atom is -0.311 e. The number of nitrogens with zero attached hydrogens (tertiary/aromatic N) is 2. The van der Waals surface area contributed by atoms with Crippen molar-refractivity contribution < 1.29 is 22.4 Å². The summed E-state index contributed by atoms with van der Waals surface area (Å²) in [5.74, 6) is -5.22. The molecule has 3 fully saturated rings. The highest BCUT2D eigenvalue weighted by Crippen LogP contribution is 2.46. The number of carbonyl (C=O) groups is 1. The summed E-state index contributed by atoms with van der Waals surface area (Å²) in [5.41, 5.74) is 1.57. The van der Waals surface area contributed by atoms with Gasteiger partial charge in [0.15, 0.2) is 0 Å². The van der Waals surface area contributed by atoms with Crippen LogP contribution in [-0.4, -0.2) is 27.5 Å². The molecule has 8 heteroatoms. The molecule has 4 rings (SSSR count). The number of hydrogen-bond donors (Lipinski definition) is 1. The van der Waals surface area contributed by atoms with Gasteiger partial charge in [0.05, 0.1) is 11.7 Å². The lowest BCUT2D eigenvalue weighted by molar-refractivity contribution is -0.129. The molecular weight excluding hydrogens is 362 g/mol. The topological polar surface area (TPSA) is 46.9 Å². The number of carbonyl (C=O) groups excluding carboxylic acids is 1. The minimum absolute atomic E-state index is 0.0784. The average molecular weight is 387 g/mol. The normalized spacial score (nSPS) is 24.8. The molecule has 0 aromatic carbocycles. The lowest BCUT2D eigenvalue weighted by Gasteiger charge is -2.34. The van der Waals surface area contributed by atoms with Crippen LogP contribution in [0.4, 0.5) is 23.4 Å². The number of amides is 1. The van der Waals surface area contributed by atoms with Gasteiger partial charge in [-0.25, -0.2) is 22.2 Å². The molecule has 0 unspecified atom stereocenters. The number of rotatable bonds is 6. The molecule has 0 radical (unpaired) electrons. The van der Waals surface area contributed by atoms with Crippen LogP contribution in [0, 0.1) is 18.8 Å². The monoisotopic (exact) mass is 387 g/mol. The van der Waals surface area contributed by atoms with E-state index in [0.717, 1.165) is 30.5 Å². The molecule has 0 atom stereocenters. The smallest absolute Gasteiger partial charge is 0.248 e. The maximum atomic E-state index is 13.1. The molecule has 0 bridgehead atoms. The van der Waals surface area contributed by atoms with Crippen LogP contribution in [-0.2, 0) is 11.2 Å². The fourth-order valence-electron chi connectivity index (χ4n) is 4.38. The molecule has 150 valence electrons. The van der Waals surface area contributed by atoms with Gasteiger partial charge in [-0.1, -0.05) is 0 Å². The second-order valence-corrected chi connectivity index (χ2v) is 8.67. The first-order valence-electron chi connectivity index (χ1n) is 9.75. The van der Waals surface area contributed by atoms with Gasteiger partial charge >= 0.3 is 0 Å². The van der Waals surface area contributed by atoms with Crippen molar-refractivity contribution in [1.82, 2.24) is 9.78 Å². The van der Waals surface area contributed by atoms with Gasteiger partial charge in [0, 0.05) is 37.7 Å². The van der Waals surface area contributed by atoms with Gasteiger partial charge in [-0.15, -0.1) is 0 Å². The lowest BCUT2D eigenvalue weighted by atomic mass is 9.78. The Balaban J connectivity index is 1.44. The van der Waals surface area contributed by atoms with Crippen molar-refractivity contribution in [2.45, 2.75) is 82.6 Å². The zero-order valence-electron chi connectivity index (χ0n) is 15.4. The fourth-order valence-corrected chi connectivity index (χ4v) is 4.38. The second-order valence-electron chi connectivity index (χ2n) is 8.67. The summed E-state index contributed by atoms with van der Waals surface area (Å²) < 4.78 is 54.0. The van der Waals surface area contributed by atoms with Crippen molar-refractivity contribution in [2.75, 3.05) is 5.32 Å². The van der Waals surface area contributed by atoms with Crippen molar-refractivity contribution in [3.8, 4) is 0 Å². The van der Waals surface area contributed by atoms with Crippen LogP contribution in [0.25, 0.3) is 0 Å². The Labute approximate surface area is 155 Å². The Kier molecular flexibility index (Phi) is 4.50. The molecule has 1 amide bonds. The summed E-state index contributed by atoms with van der Waals surface area (Å²) in [7, 11) is 0. The maximum Gasteiger partial charge on any atom is 0.248 e. The summed E-state index contributed by atoms with van der Waals surface area (Å²) in [6, 6.07) is 0.212. The van der Waals surface area contributed by atoms with E-state index in [4.69, 9.17) is 0 Å². The maximum absolute atomic E-state index is 13.1. The van der Waals surface area contributed by atoms with Crippen LogP contribution in [0.15, 0.2) is 0 Å². The summed E-state index contributed by atoms with van der Waals surface area (Å²) >= 11 is 0. The third kappa shape index (κ3) is 3.85. The van der Waals surface area contributed by atoms with Gasteiger partial charge in [-0.3, -0.25) is 4.79 Å². The first kappa shape index (κ1) is 18.7. The number of anilines is 1. The molecule has 27 heavy (non-hydrogen) atoms. The van der Waals surface area contributed by atoms with Crippen LogP contribution in [0.5, 0.6) is 0 Å². The van der Waals surface area contributed by atoms with Gasteiger partial charge in [0.2, 0.25) is 17.8 Å². The fraction of sp³-hybridized carbons (Fsp3) is 0.789. The molecule has 3 aliphatic rings. The molecule has 1 aromatic heterocycles. The molecule has 1 aromatic rings. The number of hydrogen-bond acceptors (Lipinski definition) is 2. The quantitative estimate of drug-likeness (QED) is 0.708. The van der Waals surface area contributed by atoms with E-state index in [1.165, 1.54) is 0 Å². The summed E-state index contributed by atoms with van der Waals surface area (Å²) in [6.45, 7) is 1.85. The average Bonchev–Trinajstić information content (AvgIpc) is 2.71. The van der Waals surface area contributed by atoms with Gasteiger partial charge < -0.3 is 5.32 Å². The van der Waals surface area contributed by atoms with Crippen molar-refractivity contribution in [3.05, 3.63) is 11.3 Å². The van der Waals surface area contributed by atoms with E-state index in [2.05, 4.69) is 10.4 Å². The molecule has 4 nitrogen and oxygen atoms in total. The molecule has 3 saturated carbocycles. The zero-order chi connectivity index (χ0) is 19.4. The lowest BCUT2D eigenvalue weighted by Crippen LogP contribution is -2.37. The largest absolute Gasteiger partial charge is 0.311 e. The number of halogens is 4. The standard InChI is InChI=1S/C19H25F4N3O/c1-11-15(5-12-7-18(20,21)8-12)25-26(14-3-2-4-14)17(11)24-16(27)6-13-9-19(22,23)10-13/h12-14H,2-10H2,1H3,(H,24,27). The van der Waals surface area contributed by atoms with Gasteiger partial charge in [0.25, 0.3) is 0 Å². The summed E-state index contributed by atoms with van der Waals surface area (Å²) in [4.78, 5) is 12.3. The molecule has 0 spiro atoms. The van der Waals surface area contributed by atoms with Crippen LogP contribution >= 0.6 is 0 Å². The predicted molar refractivity (Wildman–Crippen MR) is 92.1 cm³/mol. The highest BCUT2D eigenvalue weighted by atomic mass is 19.3. The number of alkyl halides is 4. The molecule has 0 aliphatic heterocycles. The van der Waals surface area contributed by atoms with Crippen molar-refractivity contribution >= 4 is 11.7 Å². The van der Waals surface area contributed by atoms with Crippen molar-refractivity contribution in [3.63, 3.8) is 0 Å². The van der Waals surface area contributed by atoms with E-state index >= 15 is 0 Å². The Hall–Kier alpha value is -1.60. The molecule has 0 saturated heterocycles. The third-order valence-electron chi connectivity index (χ3n) is 6.23. The van der Waals surface area contributed by atoms with Gasteiger partial charge in [0.1, 0.15) is 5.82 Å². The van der Waals surface area contributed by atoms with Crippen LogP contribution < -0.4 is 5.32 Å². The third-order valence-corrected chi connectivity index (χ3v) is 6.23. The van der Waals surface area contributed by atoms with Crippen LogP contribution in [0.3, 0.4) is 0 Å².